The van der Waals surface area contributed by atoms with Gasteiger partial charge in [-0.3, -0.25) is 4.79 Å². The Kier molecular flexibility index (Phi) is 5.16. The third-order valence-electron chi connectivity index (χ3n) is 4.10. The fraction of sp³-hybridized carbons (Fsp3) is 0.438. The Morgan fingerprint density at radius 1 is 1.40 bits per heavy atom. The van der Waals surface area contributed by atoms with Crippen molar-refractivity contribution < 1.29 is 29.6 Å². The summed E-state index contributed by atoms with van der Waals surface area (Å²) >= 11 is 5.95. The Hall–Kier alpha value is -1.84. The van der Waals surface area contributed by atoms with Crippen molar-refractivity contribution in [3.63, 3.8) is 0 Å². The van der Waals surface area contributed by atoms with Crippen molar-refractivity contribution in [2.24, 2.45) is 0 Å². The van der Waals surface area contributed by atoms with Crippen LogP contribution in [0.2, 0.25) is 5.02 Å². The number of amides is 1. The van der Waals surface area contributed by atoms with Gasteiger partial charge in [0.2, 0.25) is 12.2 Å². The molecular formula is C16H19ClN2O6. The first-order valence-corrected chi connectivity index (χ1v) is 8.11. The van der Waals surface area contributed by atoms with Crippen molar-refractivity contribution >= 4 is 28.4 Å². The van der Waals surface area contributed by atoms with E-state index in [1.165, 1.54) is 6.92 Å². The van der Waals surface area contributed by atoms with Crippen LogP contribution in [0.25, 0.3) is 10.9 Å². The van der Waals surface area contributed by atoms with Gasteiger partial charge in [-0.1, -0.05) is 11.6 Å². The SMILES string of the molecule is CC(=O)N[C@@H]1[C@H](Oc2c[nH]c3cc(Cl)ccc23)O[C@H](CO)[C@H](O)[C@H]1O. The quantitative estimate of drug-likeness (QED) is 0.521. The van der Waals surface area contributed by atoms with Crippen molar-refractivity contribution in [3.8, 4) is 5.75 Å². The first-order chi connectivity index (χ1) is 11.9. The number of hydrogen-bond donors (Lipinski definition) is 5. The maximum atomic E-state index is 11.4. The third-order valence-corrected chi connectivity index (χ3v) is 4.33. The number of halogens is 1. The second-order valence-corrected chi connectivity index (χ2v) is 6.33. The maximum Gasteiger partial charge on any atom is 0.223 e. The summed E-state index contributed by atoms with van der Waals surface area (Å²) < 4.78 is 11.4. The molecule has 0 bridgehead atoms. The fourth-order valence-corrected chi connectivity index (χ4v) is 3.04. The molecule has 1 fully saturated rings. The van der Waals surface area contributed by atoms with Gasteiger partial charge in [0.05, 0.1) is 12.1 Å². The molecule has 0 unspecified atom stereocenters. The zero-order valence-electron chi connectivity index (χ0n) is 13.3. The fourth-order valence-electron chi connectivity index (χ4n) is 2.87. The molecule has 0 aliphatic carbocycles. The smallest absolute Gasteiger partial charge is 0.223 e. The third kappa shape index (κ3) is 3.58. The van der Waals surface area contributed by atoms with E-state index in [1.807, 2.05) is 0 Å². The van der Waals surface area contributed by atoms with Gasteiger partial charge in [-0.05, 0) is 18.2 Å². The minimum atomic E-state index is -1.36. The summed E-state index contributed by atoms with van der Waals surface area (Å²) in [4.78, 5) is 14.4. The normalized spacial score (nSPS) is 29.6. The van der Waals surface area contributed by atoms with Crippen LogP contribution < -0.4 is 10.1 Å². The Morgan fingerprint density at radius 2 is 2.16 bits per heavy atom. The van der Waals surface area contributed by atoms with Crippen LogP contribution in [0.1, 0.15) is 6.92 Å². The van der Waals surface area contributed by atoms with Crippen LogP contribution in [0.15, 0.2) is 24.4 Å². The minimum absolute atomic E-state index is 0.415. The molecule has 3 rings (SSSR count). The standard InChI is InChI=1S/C16H19ClN2O6/c1-7(21)19-13-15(23)14(22)12(6-20)25-16(13)24-11-5-18-10-4-8(17)2-3-9(10)11/h2-5,12-16,18,20,22-23H,6H2,1H3,(H,19,21)/t12-,13+,14+,15+,16-/m1/s1. The topological polar surface area (TPSA) is 124 Å². The van der Waals surface area contributed by atoms with E-state index in [4.69, 9.17) is 21.1 Å². The van der Waals surface area contributed by atoms with Gasteiger partial charge in [0, 0.05) is 23.5 Å². The Bertz CT molecular complexity index is 766. The molecule has 1 saturated heterocycles. The van der Waals surface area contributed by atoms with Crippen molar-refractivity contribution in [1.82, 2.24) is 10.3 Å². The highest BCUT2D eigenvalue weighted by Crippen LogP contribution is 2.31. The summed E-state index contributed by atoms with van der Waals surface area (Å²) in [6.07, 6.45) is -3.26. The van der Waals surface area contributed by atoms with Crippen LogP contribution in [0.5, 0.6) is 5.75 Å². The van der Waals surface area contributed by atoms with Gasteiger partial charge in [0.1, 0.15) is 30.1 Å². The number of aliphatic hydroxyl groups excluding tert-OH is 3. The van der Waals surface area contributed by atoms with Gasteiger partial charge in [0.25, 0.3) is 0 Å². The van der Waals surface area contributed by atoms with Gasteiger partial charge in [-0.2, -0.15) is 0 Å². The number of hydrogen-bond acceptors (Lipinski definition) is 6. The van der Waals surface area contributed by atoms with E-state index in [0.717, 1.165) is 10.9 Å². The molecule has 8 nitrogen and oxygen atoms in total. The minimum Gasteiger partial charge on any atom is -0.460 e. The second-order valence-electron chi connectivity index (χ2n) is 5.89. The number of aromatic nitrogens is 1. The number of benzene rings is 1. The highest BCUT2D eigenvalue weighted by atomic mass is 35.5. The van der Waals surface area contributed by atoms with Crippen LogP contribution in [0.4, 0.5) is 0 Å². The summed E-state index contributed by atoms with van der Waals surface area (Å²) in [5.74, 6) is 0.00825. The average molecular weight is 371 g/mol. The van der Waals surface area contributed by atoms with E-state index in [9.17, 15) is 20.1 Å². The summed E-state index contributed by atoms with van der Waals surface area (Å²) in [5, 5.41) is 33.4. The molecule has 5 atom stereocenters. The largest absolute Gasteiger partial charge is 0.460 e. The number of carbonyl (C=O) groups is 1. The van der Waals surface area contributed by atoms with Crippen molar-refractivity contribution in [1.29, 1.82) is 0 Å². The molecular weight excluding hydrogens is 352 g/mol. The van der Waals surface area contributed by atoms with Crippen LogP contribution in [-0.4, -0.2) is 63.5 Å². The number of fused-ring (bicyclic) bond motifs is 1. The molecule has 25 heavy (non-hydrogen) atoms. The number of nitrogens with one attached hydrogen (secondary N) is 2. The molecule has 1 aromatic carbocycles. The van der Waals surface area contributed by atoms with Crippen LogP contribution in [0.3, 0.4) is 0 Å². The zero-order valence-corrected chi connectivity index (χ0v) is 14.1. The summed E-state index contributed by atoms with van der Waals surface area (Å²) in [6, 6.07) is 4.18. The predicted molar refractivity (Wildman–Crippen MR) is 89.3 cm³/mol. The molecule has 0 radical (unpaired) electrons. The van der Waals surface area contributed by atoms with Crippen LogP contribution in [-0.2, 0) is 9.53 Å². The molecule has 136 valence electrons. The monoisotopic (exact) mass is 370 g/mol. The summed E-state index contributed by atoms with van der Waals surface area (Å²) in [7, 11) is 0. The van der Waals surface area contributed by atoms with E-state index >= 15 is 0 Å². The first-order valence-electron chi connectivity index (χ1n) is 7.73. The number of H-pyrrole nitrogens is 1. The Balaban J connectivity index is 1.89. The lowest BCUT2D eigenvalue weighted by atomic mass is 9.97. The molecule has 0 spiro atoms. The molecule has 0 saturated carbocycles. The lowest BCUT2D eigenvalue weighted by Gasteiger charge is -2.41. The molecule has 9 heteroatoms. The maximum absolute atomic E-state index is 11.4. The molecule has 5 N–H and O–H groups in total. The lowest BCUT2D eigenvalue weighted by Crippen LogP contribution is -2.65. The number of aliphatic hydroxyl groups is 3. The van der Waals surface area contributed by atoms with Crippen LogP contribution in [0, 0.1) is 0 Å². The number of ether oxygens (including phenoxy) is 2. The Labute approximate surface area is 148 Å². The Morgan fingerprint density at radius 3 is 2.84 bits per heavy atom. The van der Waals surface area contributed by atoms with Crippen molar-refractivity contribution in [3.05, 3.63) is 29.4 Å². The number of aromatic amines is 1. The van der Waals surface area contributed by atoms with Crippen molar-refractivity contribution in [2.75, 3.05) is 6.61 Å². The van der Waals surface area contributed by atoms with Gasteiger partial charge < -0.3 is 35.1 Å². The van der Waals surface area contributed by atoms with Crippen molar-refractivity contribution in [2.45, 2.75) is 37.6 Å². The molecule has 2 aromatic rings. The van der Waals surface area contributed by atoms with Gasteiger partial charge in [0.15, 0.2) is 0 Å². The molecule has 1 aliphatic heterocycles. The first kappa shape index (κ1) is 18.0. The molecule has 1 aromatic heterocycles. The summed E-state index contributed by atoms with van der Waals surface area (Å²) in [6.45, 7) is 0.774. The number of carbonyl (C=O) groups excluding carboxylic acids is 1. The average Bonchev–Trinajstić information content (AvgIpc) is 2.96. The lowest BCUT2D eigenvalue weighted by molar-refractivity contribution is -0.244. The van der Waals surface area contributed by atoms with E-state index in [2.05, 4.69) is 10.3 Å². The number of rotatable bonds is 4. The van der Waals surface area contributed by atoms with Gasteiger partial charge >= 0.3 is 0 Å². The van der Waals surface area contributed by atoms with Crippen LogP contribution >= 0.6 is 11.6 Å². The molecule has 1 amide bonds. The van der Waals surface area contributed by atoms with Gasteiger partial charge in [-0.25, -0.2) is 0 Å². The molecule has 2 heterocycles. The second kappa shape index (κ2) is 7.19. The highest BCUT2D eigenvalue weighted by molar-refractivity contribution is 6.31. The van der Waals surface area contributed by atoms with E-state index in [-0.39, 0.29) is 0 Å². The van der Waals surface area contributed by atoms with E-state index in [1.54, 1.807) is 24.4 Å². The van der Waals surface area contributed by atoms with E-state index < -0.39 is 43.2 Å². The molecule has 1 aliphatic rings. The zero-order chi connectivity index (χ0) is 18.1. The highest BCUT2D eigenvalue weighted by Gasteiger charge is 2.46. The summed E-state index contributed by atoms with van der Waals surface area (Å²) in [5.41, 5.74) is 0.744. The predicted octanol–water partition coefficient (Wildman–Crippen LogP) is 0.144. The van der Waals surface area contributed by atoms with E-state index in [0.29, 0.717) is 10.8 Å². The van der Waals surface area contributed by atoms with Gasteiger partial charge in [-0.15, -0.1) is 0 Å².